The molecule has 1 aliphatic heterocycles. The van der Waals surface area contributed by atoms with E-state index in [1.807, 2.05) is 18.9 Å². The molecule has 1 rings (SSSR count). The first kappa shape index (κ1) is 15.3. The van der Waals surface area contributed by atoms with Crippen molar-refractivity contribution in [3.63, 3.8) is 0 Å². The van der Waals surface area contributed by atoms with Gasteiger partial charge in [0.05, 0.1) is 14.2 Å². The summed E-state index contributed by atoms with van der Waals surface area (Å²) >= 11 is 0. The Hall–Kier alpha value is -0.700. The standard InChI is InChI=1S/C7H15N2O.CH4O4S/c1-6-8(3)4-5-9(6)7(2)10;1-5-6(2,3)4/h7,10H,4-5H2,1-3H3;1H3,(H,2,3,4)/q+1;/p-1. The first-order valence-corrected chi connectivity index (χ1v) is 6.03. The van der Waals surface area contributed by atoms with Crippen LogP contribution in [0.2, 0.25) is 0 Å². The summed E-state index contributed by atoms with van der Waals surface area (Å²) in [6.45, 7) is 5.79. The van der Waals surface area contributed by atoms with E-state index in [4.69, 9.17) is 0 Å². The second kappa shape index (κ2) is 6.14. The lowest BCUT2D eigenvalue weighted by atomic mass is 10.5. The van der Waals surface area contributed by atoms with Crippen molar-refractivity contribution < 1.29 is 26.8 Å². The first-order valence-electron chi connectivity index (χ1n) is 4.70. The largest absolute Gasteiger partial charge is 0.726 e. The molecule has 0 aromatic heterocycles. The van der Waals surface area contributed by atoms with Crippen molar-refractivity contribution in [1.29, 1.82) is 0 Å². The highest BCUT2D eigenvalue weighted by atomic mass is 32.3. The van der Waals surface area contributed by atoms with Gasteiger partial charge in [-0.05, 0) is 0 Å². The zero-order chi connectivity index (χ0) is 12.9. The van der Waals surface area contributed by atoms with Gasteiger partial charge in [-0.15, -0.1) is 0 Å². The van der Waals surface area contributed by atoms with Crippen LogP contribution in [0.25, 0.3) is 0 Å². The Kier molecular flexibility index (Phi) is 5.87. The summed E-state index contributed by atoms with van der Waals surface area (Å²) in [5.41, 5.74) is 0. The molecule has 1 heterocycles. The molecule has 7 nitrogen and oxygen atoms in total. The number of aliphatic hydroxyl groups is 1. The molecule has 0 bridgehead atoms. The maximum atomic E-state index is 9.22. The quantitative estimate of drug-likeness (QED) is 0.378. The molecule has 1 N–H and O–H groups in total. The molecular weight excluding hydrogens is 236 g/mol. The van der Waals surface area contributed by atoms with Crippen LogP contribution in [-0.2, 0) is 14.6 Å². The average molecular weight is 254 g/mol. The van der Waals surface area contributed by atoms with Crippen LogP contribution in [0.4, 0.5) is 0 Å². The van der Waals surface area contributed by atoms with Crippen molar-refractivity contribution in [2.24, 2.45) is 0 Å². The van der Waals surface area contributed by atoms with Crippen LogP contribution in [-0.4, -0.2) is 66.9 Å². The van der Waals surface area contributed by atoms with Crippen LogP contribution in [0.5, 0.6) is 0 Å². The van der Waals surface area contributed by atoms with Crippen LogP contribution in [0, 0.1) is 0 Å². The predicted molar refractivity (Wildman–Crippen MR) is 56.8 cm³/mol. The van der Waals surface area contributed by atoms with Gasteiger partial charge < -0.3 is 9.66 Å². The number of hydrogen-bond acceptors (Lipinski definition) is 6. The SMILES string of the molecule is CC1=[N+](C)CCN1C(C)O.COS(=O)(=O)[O-]. The maximum Gasteiger partial charge on any atom is 0.245 e. The molecule has 0 spiro atoms. The third-order valence-corrected chi connectivity index (χ3v) is 2.71. The number of hydrogen-bond donors (Lipinski definition) is 1. The number of nitrogens with zero attached hydrogens (tertiary/aromatic N) is 2. The van der Waals surface area contributed by atoms with Gasteiger partial charge in [-0.2, -0.15) is 0 Å². The van der Waals surface area contributed by atoms with Gasteiger partial charge in [-0.1, -0.05) is 0 Å². The Morgan fingerprint density at radius 1 is 1.62 bits per heavy atom. The number of rotatable bonds is 2. The van der Waals surface area contributed by atoms with Crippen LogP contribution in [0.3, 0.4) is 0 Å². The van der Waals surface area contributed by atoms with Crippen molar-refractivity contribution in [3.05, 3.63) is 0 Å². The fourth-order valence-electron chi connectivity index (χ4n) is 1.26. The summed E-state index contributed by atoms with van der Waals surface area (Å²) in [5, 5.41) is 9.22. The van der Waals surface area contributed by atoms with Gasteiger partial charge in [0.2, 0.25) is 16.2 Å². The zero-order valence-corrected chi connectivity index (χ0v) is 10.7. The van der Waals surface area contributed by atoms with Gasteiger partial charge in [0, 0.05) is 13.8 Å². The monoisotopic (exact) mass is 254 g/mol. The van der Waals surface area contributed by atoms with Gasteiger partial charge in [0.1, 0.15) is 13.1 Å². The molecular formula is C8H18N2O5S. The van der Waals surface area contributed by atoms with Crippen LogP contribution in [0.15, 0.2) is 0 Å². The Balaban J connectivity index is 0.000000325. The zero-order valence-electron chi connectivity index (χ0n) is 9.87. The minimum absolute atomic E-state index is 0.343. The molecule has 0 aromatic carbocycles. The lowest BCUT2D eigenvalue weighted by molar-refractivity contribution is -0.487. The van der Waals surface area contributed by atoms with E-state index in [9.17, 15) is 18.1 Å². The minimum Gasteiger partial charge on any atom is -0.726 e. The molecule has 1 atom stereocenters. The lowest BCUT2D eigenvalue weighted by Gasteiger charge is -2.12. The van der Waals surface area contributed by atoms with Gasteiger partial charge >= 0.3 is 0 Å². The smallest absolute Gasteiger partial charge is 0.245 e. The van der Waals surface area contributed by atoms with E-state index >= 15 is 0 Å². The van der Waals surface area contributed by atoms with Gasteiger partial charge in [-0.25, -0.2) is 13.3 Å². The first-order chi connectivity index (χ1) is 7.19. The summed E-state index contributed by atoms with van der Waals surface area (Å²) < 4.78 is 33.2. The number of amidine groups is 1. The summed E-state index contributed by atoms with van der Waals surface area (Å²) in [6, 6.07) is 0. The molecule has 1 unspecified atom stereocenters. The van der Waals surface area contributed by atoms with E-state index in [2.05, 4.69) is 8.76 Å². The Morgan fingerprint density at radius 3 is 2.19 bits per heavy atom. The topological polar surface area (TPSA) is 92.9 Å². The molecule has 8 heteroatoms. The minimum atomic E-state index is -4.41. The Labute approximate surface area is 95.9 Å². The van der Waals surface area contributed by atoms with Gasteiger partial charge in [0.15, 0.2) is 6.23 Å². The predicted octanol–water partition coefficient (Wildman–Crippen LogP) is -1.21. The van der Waals surface area contributed by atoms with E-state index in [-0.39, 0.29) is 6.23 Å². The lowest BCUT2D eigenvalue weighted by Crippen LogP contribution is -2.35. The van der Waals surface area contributed by atoms with E-state index in [0.29, 0.717) is 0 Å². The molecule has 0 aliphatic carbocycles. The maximum absolute atomic E-state index is 9.22. The normalized spacial score (nSPS) is 18.2. The summed E-state index contributed by atoms with van der Waals surface area (Å²) in [5.74, 6) is 1.16. The fourth-order valence-corrected chi connectivity index (χ4v) is 1.26. The molecule has 16 heavy (non-hydrogen) atoms. The van der Waals surface area contributed by atoms with Crippen LogP contribution < -0.4 is 0 Å². The van der Waals surface area contributed by atoms with Gasteiger partial charge in [0.25, 0.3) is 0 Å². The third kappa shape index (κ3) is 5.40. The third-order valence-electron chi connectivity index (χ3n) is 2.30. The molecule has 0 radical (unpaired) electrons. The molecule has 96 valence electrons. The van der Waals surface area contributed by atoms with Crippen molar-refractivity contribution in [2.45, 2.75) is 20.1 Å². The molecule has 1 aliphatic rings. The second-order valence-electron chi connectivity index (χ2n) is 3.37. The van der Waals surface area contributed by atoms with Crippen molar-refractivity contribution in [3.8, 4) is 0 Å². The van der Waals surface area contributed by atoms with Gasteiger partial charge in [-0.3, -0.25) is 8.76 Å². The Bertz CT molecular complexity index is 349. The van der Waals surface area contributed by atoms with E-state index < -0.39 is 10.4 Å². The van der Waals surface area contributed by atoms with Crippen molar-refractivity contribution in [1.82, 2.24) is 4.90 Å². The summed E-state index contributed by atoms with van der Waals surface area (Å²) in [4.78, 5) is 1.99. The second-order valence-corrected chi connectivity index (χ2v) is 4.52. The van der Waals surface area contributed by atoms with Crippen LogP contribution in [0.1, 0.15) is 13.8 Å². The highest BCUT2D eigenvalue weighted by Gasteiger charge is 2.27. The fraction of sp³-hybridized carbons (Fsp3) is 0.875. The van der Waals surface area contributed by atoms with E-state index in [1.165, 1.54) is 0 Å². The molecule has 0 fully saturated rings. The van der Waals surface area contributed by atoms with Crippen LogP contribution >= 0.6 is 0 Å². The molecule has 0 amide bonds. The van der Waals surface area contributed by atoms with E-state index in [0.717, 1.165) is 26.0 Å². The summed E-state index contributed by atoms with van der Waals surface area (Å²) in [6.07, 6.45) is -0.343. The van der Waals surface area contributed by atoms with E-state index in [1.54, 1.807) is 6.92 Å². The summed E-state index contributed by atoms with van der Waals surface area (Å²) in [7, 11) is -1.56. The van der Waals surface area contributed by atoms with Crippen molar-refractivity contribution in [2.75, 3.05) is 27.2 Å². The number of aliphatic hydroxyl groups excluding tert-OH is 1. The average Bonchev–Trinajstić information content (AvgIpc) is 2.47. The highest BCUT2D eigenvalue weighted by Crippen LogP contribution is 2.02. The number of likely N-dealkylation sites (N-methyl/N-ethyl adjacent to an activating group) is 1. The Morgan fingerprint density at radius 2 is 2.06 bits per heavy atom. The molecule has 0 saturated carbocycles. The molecule has 0 saturated heterocycles. The molecule has 0 aromatic rings. The van der Waals surface area contributed by atoms with Crippen molar-refractivity contribution >= 4 is 16.2 Å². The highest BCUT2D eigenvalue weighted by molar-refractivity contribution is 7.80.